The van der Waals surface area contributed by atoms with Gasteiger partial charge in [0.1, 0.15) is 5.52 Å². The summed E-state index contributed by atoms with van der Waals surface area (Å²) in [6.07, 6.45) is 5.31. The zero-order valence-electron chi connectivity index (χ0n) is 10.5. The fourth-order valence-corrected chi connectivity index (χ4v) is 1.84. The summed E-state index contributed by atoms with van der Waals surface area (Å²) in [4.78, 5) is 19.1. The number of hydrogen-bond acceptors (Lipinski definition) is 5. The van der Waals surface area contributed by atoms with E-state index in [1.165, 1.54) is 12.1 Å². The first-order chi connectivity index (χ1) is 9.72. The van der Waals surface area contributed by atoms with Gasteiger partial charge >= 0.3 is 5.97 Å². The Balaban J connectivity index is 1.70. The molecule has 0 aliphatic heterocycles. The minimum absolute atomic E-state index is 0.179. The molecule has 0 aliphatic rings. The van der Waals surface area contributed by atoms with E-state index in [1.807, 2.05) is 10.8 Å². The Hall–Kier alpha value is -2.83. The molecule has 0 bridgehead atoms. The van der Waals surface area contributed by atoms with Crippen molar-refractivity contribution >= 4 is 23.1 Å². The summed E-state index contributed by atoms with van der Waals surface area (Å²) in [6, 6.07) is 4.97. The van der Waals surface area contributed by atoms with Crippen molar-refractivity contribution in [2.75, 3.05) is 11.9 Å². The van der Waals surface area contributed by atoms with Crippen molar-refractivity contribution < 1.29 is 14.3 Å². The maximum atomic E-state index is 10.9. The summed E-state index contributed by atoms with van der Waals surface area (Å²) in [5.74, 6) is -0.988. The maximum absolute atomic E-state index is 10.9. The predicted molar refractivity (Wildman–Crippen MR) is 71.7 cm³/mol. The Morgan fingerprint density at radius 1 is 1.45 bits per heavy atom. The number of anilines is 1. The molecule has 0 radical (unpaired) electrons. The Bertz CT molecular complexity index is 733. The van der Waals surface area contributed by atoms with E-state index in [0.29, 0.717) is 23.7 Å². The Labute approximate surface area is 113 Å². The molecule has 1 aromatic carbocycles. The van der Waals surface area contributed by atoms with E-state index in [2.05, 4.69) is 15.3 Å². The van der Waals surface area contributed by atoms with Crippen LogP contribution in [0.1, 0.15) is 10.4 Å². The van der Waals surface area contributed by atoms with E-state index < -0.39 is 5.97 Å². The van der Waals surface area contributed by atoms with Crippen molar-refractivity contribution in [2.24, 2.45) is 0 Å². The molecule has 7 nitrogen and oxygen atoms in total. The molecule has 0 atom stereocenters. The van der Waals surface area contributed by atoms with Crippen molar-refractivity contribution in [3.05, 3.63) is 42.5 Å². The van der Waals surface area contributed by atoms with E-state index in [9.17, 15) is 4.79 Å². The van der Waals surface area contributed by atoms with E-state index in [-0.39, 0.29) is 5.56 Å². The van der Waals surface area contributed by atoms with Crippen molar-refractivity contribution in [1.82, 2.24) is 14.5 Å². The summed E-state index contributed by atoms with van der Waals surface area (Å²) in [6.45, 7) is 1.37. The molecule has 2 aromatic heterocycles. The average Bonchev–Trinajstić information content (AvgIpc) is 3.06. The van der Waals surface area contributed by atoms with Gasteiger partial charge in [0.15, 0.2) is 5.58 Å². The first-order valence-corrected chi connectivity index (χ1v) is 6.06. The van der Waals surface area contributed by atoms with Gasteiger partial charge in [-0.15, -0.1) is 0 Å². The minimum atomic E-state index is -0.988. The van der Waals surface area contributed by atoms with Gasteiger partial charge in [0, 0.05) is 25.5 Å². The van der Waals surface area contributed by atoms with Gasteiger partial charge in [-0.1, -0.05) is 0 Å². The van der Waals surface area contributed by atoms with Crippen molar-refractivity contribution in [3.63, 3.8) is 0 Å². The highest BCUT2D eigenvalue weighted by Gasteiger charge is 2.09. The highest BCUT2D eigenvalue weighted by molar-refractivity contribution is 5.92. The van der Waals surface area contributed by atoms with Crippen LogP contribution in [0.25, 0.3) is 11.1 Å². The lowest BCUT2D eigenvalue weighted by atomic mass is 10.2. The number of benzene rings is 1. The van der Waals surface area contributed by atoms with Crippen LogP contribution >= 0.6 is 0 Å². The van der Waals surface area contributed by atoms with Gasteiger partial charge in [0.05, 0.1) is 11.9 Å². The van der Waals surface area contributed by atoms with Gasteiger partial charge in [-0.25, -0.2) is 9.78 Å². The van der Waals surface area contributed by atoms with E-state index in [1.54, 1.807) is 18.6 Å². The number of imidazole rings is 1. The average molecular weight is 272 g/mol. The van der Waals surface area contributed by atoms with Gasteiger partial charge < -0.3 is 19.4 Å². The second kappa shape index (κ2) is 5.04. The van der Waals surface area contributed by atoms with Gasteiger partial charge in [-0.2, -0.15) is 4.98 Å². The zero-order chi connectivity index (χ0) is 13.9. The summed E-state index contributed by atoms with van der Waals surface area (Å²) in [7, 11) is 0. The van der Waals surface area contributed by atoms with Gasteiger partial charge in [-0.3, -0.25) is 0 Å². The topological polar surface area (TPSA) is 93.2 Å². The van der Waals surface area contributed by atoms with Crippen LogP contribution in [0.5, 0.6) is 0 Å². The number of aromatic nitrogens is 3. The minimum Gasteiger partial charge on any atom is -0.478 e. The number of carboxylic acids is 1. The molecule has 0 fully saturated rings. The van der Waals surface area contributed by atoms with Crippen LogP contribution in [0.2, 0.25) is 0 Å². The molecule has 7 heteroatoms. The molecule has 2 N–H and O–H groups in total. The van der Waals surface area contributed by atoms with Crippen LogP contribution in [0, 0.1) is 0 Å². The van der Waals surface area contributed by atoms with E-state index in [4.69, 9.17) is 9.52 Å². The second-order valence-corrected chi connectivity index (χ2v) is 4.23. The summed E-state index contributed by atoms with van der Waals surface area (Å²) < 4.78 is 7.40. The fraction of sp³-hybridized carbons (Fsp3) is 0.154. The third-order valence-electron chi connectivity index (χ3n) is 2.84. The lowest BCUT2D eigenvalue weighted by molar-refractivity contribution is 0.0697. The third-order valence-corrected chi connectivity index (χ3v) is 2.84. The number of aromatic carboxylic acids is 1. The summed E-state index contributed by atoms with van der Waals surface area (Å²) in [5.41, 5.74) is 1.26. The molecule has 20 heavy (non-hydrogen) atoms. The van der Waals surface area contributed by atoms with Crippen molar-refractivity contribution in [1.29, 1.82) is 0 Å². The molecular weight excluding hydrogens is 260 g/mol. The summed E-state index contributed by atoms with van der Waals surface area (Å²) >= 11 is 0. The number of carboxylic acid groups (broad SMARTS) is 1. The SMILES string of the molecule is O=C(O)c1ccc2nc(NCCn3ccnc3)oc2c1. The van der Waals surface area contributed by atoms with E-state index in [0.717, 1.165) is 6.54 Å². The van der Waals surface area contributed by atoms with Crippen LogP contribution in [0.4, 0.5) is 6.01 Å². The van der Waals surface area contributed by atoms with Crippen LogP contribution in [0.3, 0.4) is 0 Å². The number of rotatable bonds is 5. The molecule has 0 unspecified atom stereocenters. The normalized spacial score (nSPS) is 10.8. The first kappa shape index (κ1) is 12.2. The molecule has 102 valence electrons. The smallest absolute Gasteiger partial charge is 0.335 e. The van der Waals surface area contributed by atoms with Crippen molar-refractivity contribution in [3.8, 4) is 0 Å². The monoisotopic (exact) mass is 272 g/mol. The van der Waals surface area contributed by atoms with Crippen LogP contribution in [-0.2, 0) is 6.54 Å². The molecular formula is C13H12N4O3. The molecule has 0 saturated carbocycles. The molecule has 0 spiro atoms. The molecule has 0 saturated heterocycles. The highest BCUT2D eigenvalue weighted by atomic mass is 16.4. The second-order valence-electron chi connectivity index (χ2n) is 4.23. The third kappa shape index (κ3) is 2.46. The quantitative estimate of drug-likeness (QED) is 0.736. The molecule has 0 aliphatic carbocycles. The number of nitrogens with zero attached hydrogens (tertiary/aromatic N) is 3. The van der Waals surface area contributed by atoms with Crippen molar-refractivity contribution in [2.45, 2.75) is 6.54 Å². The molecule has 3 aromatic rings. The largest absolute Gasteiger partial charge is 0.478 e. The van der Waals surface area contributed by atoms with Crippen LogP contribution < -0.4 is 5.32 Å². The fourth-order valence-electron chi connectivity index (χ4n) is 1.84. The standard InChI is InChI=1S/C13H12N4O3/c18-12(19)9-1-2-10-11(7-9)20-13(16-10)15-4-6-17-5-3-14-8-17/h1-3,5,7-8H,4,6H2,(H,15,16)(H,18,19). The first-order valence-electron chi connectivity index (χ1n) is 6.06. The number of oxazole rings is 1. The molecule has 3 rings (SSSR count). The van der Waals surface area contributed by atoms with Gasteiger partial charge in [0.25, 0.3) is 6.01 Å². The predicted octanol–water partition coefficient (Wildman–Crippen LogP) is 1.83. The number of carbonyl (C=O) groups is 1. The lowest BCUT2D eigenvalue weighted by Crippen LogP contribution is -2.09. The number of hydrogen-bond donors (Lipinski definition) is 2. The zero-order valence-corrected chi connectivity index (χ0v) is 10.5. The highest BCUT2D eigenvalue weighted by Crippen LogP contribution is 2.20. The van der Waals surface area contributed by atoms with Gasteiger partial charge in [-0.05, 0) is 18.2 Å². The Morgan fingerprint density at radius 3 is 3.10 bits per heavy atom. The van der Waals surface area contributed by atoms with Crippen LogP contribution in [0.15, 0.2) is 41.3 Å². The van der Waals surface area contributed by atoms with E-state index >= 15 is 0 Å². The lowest BCUT2D eigenvalue weighted by Gasteiger charge is -2.01. The molecule has 0 amide bonds. The Kier molecular flexibility index (Phi) is 3.08. The number of nitrogens with one attached hydrogen (secondary N) is 1. The molecule has 2 heterocycles. The van der Waals surface area contributed by atoms with Gasteiger partial charge in [0.2, 0.25) is 0 Å². The number of fused-ring (bicyclic) bond motifs is 1. The Morgan fingerprint density at radius 2 is 2.35 bits per heavy atom. The summed E-state index contributed by atoms with van der Waals surface area (Å²) in [5, 5.41) is 12.0. The maximum Gasteiger partial charge on any atom is 0.335 e. The van der Waals surface area contributed by atoms with Crippen LogP contribution in [-0.4, -0.2) is 32.2 Å².